The molecule has 1 atom stereocenters. The van der Waals surface area contributed by atoms with Gasteiger partial charge in [0, 0.05) is 22.9 Å². The van der Waals surface area contributed by atoms with Crippen molar-refractivity contribution in [3.8, 4) is 0 Å². The maximum absolute atomic E-state index is 12.8. The largest absolute Gasteiger partial charge is 0.321 e. The number of hydrogen-bond acceptors (Lipinski definition) is 4. The lowest BCUT2D eigenvalue weighted by molar-refractivity contribution is -0.116. The molecule has 0 radical (unpaired) electrons. The molecule has 132 valence electrons. The summed E-state index contributed by atoms with van der Waals surface area (Å²) < 4.78 is 0. The third kappa shape index (κ3) is 2.95. The minimum atomic E-state index is -0.135. The van der Waals surface area contributed by atoms with E-state index in [-0.39, 0.29) is 17.7 Å². The number of hydrogen-bond donors (Lipinski definition) is 2. The summed E-state index contributed by atoms with van der Waals surface area (Å²) in [5, 5.41) is 8.76. The molecule has 6 heteroatoms. The summed E-state index contributed by atoms with van der Waals surface area (Å²) in [6, 6.07) is 11.5. The van der Waals surface area contributed by atoms with E-state index in [9.17, 15) is 9.59 Å². The van der Waals surface area contributed by atoms with Crippen LogP contribution in [-0.2, 0) is 4.79 Å². The molecule has 1 aliphatic heterocycles. The van der Waals surface area contributed by atoms with Crippen LogP contribution in [0, 0.1) is 13.8 Å². The van der Waals surface area contributed by atoms with Crippen LogP contribution in [0.15, 0.2) is 41.8 Å². The molecule has 2 N–H and O–H groups in total. The summed E-state index contributed by atoms with van der Waals surface area (Å²) >= 11 is 3.04. The number of carbonyl (C=O) groups excluding carboxylic acids is 2. The SMILES string of the molecule is Cc1ccsc1[C@H]1CC(=O)Nc2sc(C(=O)Nc3ccccc3)c(C)c21. The Bertz CT molecular complexity index is 989. The molecule has 2 amide bonds. The molecule has 0 aliphatic carbocycles. The highest BCUT2D eigenvalue weighted by molar-refractivity contribution is 7.18. The molecule has 2 aromatic heterocycles. The van der Waals surface area contributed by atoms with Gasteiger partial charge in [0.1, 0.15) is 0 Å². The van der Waals surface area contributed by atoms with Crippen LogP contribution in [0.1, 0.15) is 43.6 Å². The molecule has 26 heavy (non-hydrogen) atoms. The van der Waals surface area contributed by atoms with Gasteiger partial charge in [-0.1, -0.05) is 18.2 Å². The highest BCUT2D eigenvalue weighted by Crippen LogP contribution is 2.47. The van der Waals surface area contributed by atoms with E-state index in [1.165, 1.54) is 21.8 Å². The monoisotopic (exact) mass is 382 g/mol. The second-order valence-corrected chi connectivity index (χ2v) is 8.36. The molecule has 0 unspecified atom stereocenters. The van der Waals surface area contributed by atoms with Crippen molar-refractivity contribution in [2.45, 2.75) is 26.2 Å². The Kier molecular flexibility index (Phi) is 4.38. The number of anilines is 2. The normalized spacial score (nSPS) is 16.1. The zero-order valence-electron chi connectivity index (χ0n) is 14.5. The van der Waals surface area contributed by atoms with Crippen LogP contribution in [0.25, 0.3) is 0 Å². The van der Waals surface area contributed by atoms with E-state index < -0.39 is 0 Å². The second-order valence-electron chi connectivity index (χ2n) is 6.39. The van der Waals surface area contributed by atoms with Crippen molar-refractivity contribution in [2.24, 2.45) is 0 Å². The van der Waals surface area contributed by atoms with Gasteiger partial charge in [-0.2, -0.15) is 0 Å². The average Bonchev–Trinajstić information content (AvgIpc) is 3.18. The number of thiophene rings is 2. The molecule has 3 heterocycles. The van der Waals surface area contributed by atoms with Crippen molar-refractivity contribution in [2.75, 3.05) is 10.6 Å². The number of amides is 2. The molecule has 1 aromatic carbocycles. The Balaban J connectivity index is 1.73. The first-order valence-electron chi connectivity index (χ1n) is 8.38. The van der Waals surface area contributed by atoms with Crippen molar-refractivity contribution >= 4 is 45.2 Å². The van der Waals surface area contributed by atoms with Crippen LogP contribution in [-0.4, -0.2) is 11.8 Å². The predicted molar refractivity (Wildman–Crippen MR) is 108 cm³/mol. The van der Waals surface area contributed by atoms with Crippen LogP contribution < -0.4 is 10.6 Å². The van der Waals surface area contributed by atoms with E-state index >= 15 is 0 Å². The van der Waals surface area contributed by atoms with Crippen molar-refractivity contribution in [3.05, 3.63) is 68.2 Å². The van der Waals surface area contributed by atoms with E-state index in [0.29, 0.717) is 11.3 Å². The minimum absolute atomic E-state index is 0.00608. The first-order valence-corrected chi connectivity index (χ1v) is 10.1. The molecule has 0 saturated carbocycles. The molecule has 0 saturated heterocycles. The van der Waals surface area contributed by atoms with Gasteiger partial charge in [-0.15, -0.1) is 22.7 Å². The topological polar surface area (TPSA) is 58.2 Å². The van der Waals surface area contributed by atoms with Gasteiger partial charge in [0.2, 0.25) is 5.91 Å². The molecular formula is C20H18N2O2S2. The molecule has 4 nitrogen and oxygen atoms in total. The first-order chi connectivity index (χ1) is 12.5. The molecule has 0 fully saturated rings. The van der Waals surface area contributed by atoms with E-state index in [1.807, 2.05) is 37.3 Å². The fourth-order valence-electron chi connectivity index (χ4n) is 3.39. The highest BCUT2D eigenvalue weighted by atomic mass is 32.1. The summed E-state index contributed by atoms with van der Waals surface area (Å²) in [6.45, 7) is 4.05. The first kappa shape index (κ1) is 17.0. The maximum Gasteiger partial charge on any atom is 0.266 e. The number of para-hydroxylation sites is 1. The summed E-state index contributed by atoms with van der Waals surface area (Å²) in [5.74, 6) is -0.108. The van der Waals surface area contributed by atoms with E-state index in [0.717, 1.165) is 21.8 Å². The fourth-order valence-corrected chi connectivity index (χ4v) is 5.61. The van der Waals surface area contributed by atoms with Gasteiger partial charge in [0.15, 0.2) is 0 Å². The Morgan fingerprint density at radius 2 is 1.96 bits per heavy atom. The number of carbonyl (C=O) groups is 2. The van der Waals surface area contributed by atoms with Gasteiger partial charge in [-0.25, -0.2) is 0 Å². The third-order valence-corrected chi connectivity index (χ3v) is 6.99. The van der Waals surface area contributed by atoms with E-state index in [2.05, 4.69) is 29.0 Å². The average molecular weight is 383 g/mol. The number of aryl methyl sites for hydroxylation is 1. The Morgan fingerprint density at radius 3 is 2.65 bits per heavy atom. The molecule has 0 spiro atoms. The van der Waals surface area contributed by atoms with Crippen molar-refractivity contribution in [1.82, 2.24) is 0 Å². The lowest BCUT2D eigenvalue weighted by Crippen LogP contribution is -2.22. The van der Waals surface area contributed by atoms with Crippen LogP contribution >= 0.6 is 22.7 Å². The van der Waals surface area contributed by atoms with Gasteiger partial charge in [-0.3, -0.25) is 9.59 Å². The van der Waals surface area contributed by atoms with Gasteiger partial charge in [0.25, 0.3) is 5.91 Å². The van der Waals surface area contributed by atoms with Crippen LogP contribution in [0.3, 0.4) is 0 Å². The van der Waals surface area contributed by atoms with Crippen molar-refractivity contribution in [3.63, 3.8) is 0 Å². The number of fused-ring (bicyclic) bond motifs is 1. The predicted octanol–water partition coefficient (Wildman–Crippen LogP) is 5.15. The summed E-state index contributed by atoms with van der Waals surface area (Å²) in [5.41, 5.74) is 3.99. The highest BCUT2D eigenvalue weighted by Gasteiger charge is 2.34. The fraction of sp³-hybridized carbons (Fsp3) is 0.200. The van der Waals surface area contributed by atoms with E-state index in [4.69, 9.17) is 0 Å². The quantitative estimate of drug-likeness (QED) is 0.658. The van der Waals surface area contributed by atoms with E-state index in [1.54, 1.807) is 11.3 Å². The summed E-state index contributed by atoms with van der Waals surface area (Å²) in [7, 11) is 0. The zero-order valence-corrected chi connectivity index (χ0v) is 16.1. The second kappa shape index (κ2) is 6.70. The number of benzene rings is 1. The van der Waals surface area contributed by atoms with Crippen molar-refractivity contribution in [1.29, 1.82) is 0 Å². The Morgan fingerprint density at radius 1 is 1.19 bits per heavy atom. The van der Waals surface area contributed by atoms with Gasteiger partial charge in [-0.05, 0) is 54.1 Å². The van der Waals surface area contributed by atoms with Gasteiger partial charge >= 0.3 is 0 Å². The molecule has 3 aromatic rings. The Labute approximate surface area is 159 Å². The summed E-state index contributed by atoms with van der Waals surface area (Å²) in [4.78, 5) is 26.9. The summed E-state index contributed by atoms with van der Waals surface area (Å²) in [6.07, 6.45) is 0.422. The number of rotatable bonds is 3. The van der Waals surface area contributed by atoms with Crippen LogP contribution in [0.5, 0.6) is 0 Å². The lowest BCUT2D eigenvalue weighted by atomic mass is 9.88. The van der Waals surface area contributed by atoms with Crippen LogP contribution in [0.2, 0.25) is 0 Å². The third-order valence-electron chi connectivity index (χ3n) is 4.64. The molecule has 1 aliphatic rings. The van der Waals surface area contributed by atoms with Gasteiger partial charge < -0.3 is 10.6 Å². The van der Waals surface area contributed by atoms with Crippen LogP contribution in [0.4, 0.5) is 10.7 Å². The molecular weight excluding hydrogens is 364 g/mol. The minimum Gasteiger partial charge on any atom is -0.321 e. The van der Waals surface area contributed by atoms with Crippen molar-refractivity contribution < 1.29 is 9.59 Å². The molecule has 4 rings (SSSR count). The molecule has 0 bridgehead atoms. The smallest absolute Gasteiger partial charge is 0.266 e. The Hall–Kier alpha value is -2.44. The maximum atomic E-state index is 12.8. The number of nitrogens with one attached hydrogen (secondary N) is 2. The lowest BCUT2D eigenvalue weighted by Gasteiger charge is -2.23. The zero-order chi connectivity index (χ0) is 18.3. The standard InChI is InChI=1S/C20H18N2O2S2/c1-11-8-9-25-17(11)14-10-15(23)22-20-16(14)12(2)18(26-20)19(24)21-13-6-4-3-5-7-13/h3-9,14H,10H2,1-2H3,(H,21,24)(H,22,23)/t14-/m0/s1. The van der Waals surface area contributed by atoms with Gasteiger partial charge in [0.05, 0.1) is 9.88 Å².